The Morgan fingerprint density at radius 3 is 1.46 bits per heavy atom. The van der Waals surface area contributed by atoms with E-state index in [0.717, 1.165) is 28.4 Å². The van der Waals surface area contributed by atoms with Gasteiger partial charge in [-0.25, -0.2) is 0 Å². The number of anilines is 3. The van der Waals surface area contributed by atoms with E-state index in [1.807, 2.05) is 12.1 Å². The molecule has 4 aromatic rings. The standard InChI is InChI=1S/C24H21NO/c1-18-5-11-21(12-6-18)25(22-13-7-19(2)8-14-22)23-15-9-20(10-16-23)24-4-3-17-26-24/h3-17H,1-2H3. The fourth-order valence-electron chi connectivity index (χ4n) is 3.05. The van der Waals surface area contributed by atoms with Crippen molar-refractivity contribution in [3.05, 3.63) is 102 Å². The number of aryl methyl sites for hydroxylation is 2. The molecule has 0 bridgehead atoms. The Bertz CT molecular complexity index is 921. The Balaban J connectivity index is 1.77. The second-order valence-corrected chi connectivity index (χ2v) is 6.53. The highest BCUT2D eigenvalue weighted by Crippen LogP contribution is 2.35. The molecule has 0 unspecified atom stereocenters. The molecule has 0 saturated carbocycles. The lowest BCUT2D eigenvalue weighted by Gasteiger charge is -2.26. The van der Waals surface area contributed by atoms with Crippen molar-refractivity contribution in [2.45, 2.75) is 13.8 Å². The van der Waals surface area contributed by atoms with E-state index in [4.69, 9.17) is 4.42 Å². The molecule has 0 N–H and O–H groups in total. The van der Waals surface area contributed by atoms with E-state index in [-0.39, 0.29) is 0 Å². The summed E-state index contributed by atoms with van der Waals surface area (Å²) in [6.45, 7) is 4.22. The number of furan rings is 1. The summed E-state index contributed by atoms with van der Waals surface area (Å²) < 4.78 is 5.50. The quantitative estimate of drug-likeness (QED) is 0.397. The van der Waals surface area contributed by atoms with Crippen molar-refractivity contribution in [1.29, 1.82) is 0 Å². The first-order valence-electron chi connectivity index (χ1n) is 8.78. The lowest BCUT2D eigenvalue weighted by atomic mass is 10.1. The Labute approximate surface area is 154 Å². The largest absolute Gasteiger partial charge is 0.464 e. The third-order valence-electron chi connectivity index (χ3n) is 4.52. The van der Waals surface area contributed by atoms with Gasteiger partial charge in [-0.3, -0.25) is 0 Å². The van der Waals surface area contributed by atoms with Crippen molar-refractivity contribution >= 4 is 17.1 Å². The fraction of sp³-hybridized carbons (Fsp3) is 0.0833. The molecular weight excluding hydrogens is 318 g/mol. The molecule has 0 aliphatic carbocycles. The zero-order valence-electron chi connectivity index (χ0n) is 15.0. The lowest BCUT2D eigenvalue weighted by molar-refractivity contribution is 0.582. The molecule has 1 aromatic heterocycles. The predicted molar refractivity (Wildman–Crippen MR) is 108 cm³/mol. The van der Waals surface area contributed by atoms with Crippen LogP contribution in [0.2, 0.25) is 0 Å². The molecule has 2 heteroatoms. The first kappa shape index (κ1) is 16.2. The molecule has 0 amide bonds. The normalized spacial score (nSPS) is 10.7. The molecule has 4 rings (SSSR count). The molecule has 0 fully saturated rings. The Morgan fingerprint density at radius 2 is 1.04 bits per heavy atom. The highest BCUT2D eigenvalue weighted by atomic mass is 16.3. The van der Waals surface area contributed by atoms with Crippen LogP contribution in [0.5, 0.6) is 0 Å². The van der Waals surface area contributed by atoms with Crippen molar-refractivity contribution in [3.8, 4) is 11.3 Å². The molecule has 0 saturated heterocycles. The zero-order chi connectivity index (χ0) is 17.9. The maximum Gasteiger partial charge on any atom is 0.133 e. The van der Waals surface area contributed by atoms with E-state index in [2.05, 4.69) is 91.5 Å². The smallest absolute Gasteiger partial charge is 0.133 e. The van der Waals surface area contributed by atoms with Crippen LogP contribution in [0.15, 0.2) is 95.6 Å². The van der Waals surface area contributed by atoms with Gasteiger partial charge in [0.15, 0.2) is 0 Å². The average Bonchev–Trinajstić information content (AvgIpc) is 3.20. The van der Waals surface area contributed by atoms with Gasteiger partial charge in [0, 0.05) is 22.6 Å². The van der Waals surface area contributed by atoms with Crippen molar-refractivity contribution in [2.24, 2.45) is 0 Å². The van der Waals surface area contributed by atoms with Crippen LogP contribution in [-0.2, 0) is 0 Å². The molecule has 0 aliphatic heterocycles. The summed E-state index contributed by atoms with van der Waals surface area (Å²) in [5, 5.41) is 0. The number of hydrogen-bond acceptors (Lipinski definition) is 2. The molecule has 0 atom stereocenters. The summed E-state index contributed by atoms with van der Waals surface area (Å²) in [4.78, 5) is 2.27. The molecular formula is C24H21NO. The second-order valence-electron chi connectivity index (χ2n) is 6.53. The van der Waals surface area contributed by atoms with E-state index in [1.54, 1.807) is 6.26 Å². The third kappa shape index (κ3) is 3.27. The molecule has 2 nitrogen and oxygen atoms in total. The first-order valence-corrected chi connectivity index (χ1v) is 8.78. The monoisotopic (exact) mass is 339 g/mol. The van der Waals surface area contributed by atoms with Gasteiger partial charge in [-0.05, 0) is 74.5 Å². The van der Waals surface area contributed by atoms with E-state index in [9.17, 15) is 0 Å². The van der Waals surface area contributed by atoms with Gasteiger partial charge in [-0.1, -0.05) is 35.4 Å². The van der Waals surface area contributed by atoms with E-state index in [0.29, 0.717) is 0 Å². The summed E-state index contributed by atoms with van der Waals surface area (Å²) in [7, 11) is 0. The molecule has 1 heterocycles. The van der Waals surface area contributed by atoms with Crippen molar-refractivity contribution < 1.29 is 4.42 Å². The van der Waals surface area contributed by atoms with Gasteiger partial charge in [0.2, 0.25) is 0 Å². The van der Waals surface area contributed by atoms with Crippen molar-refractivity contribution in [1.82, 2.24) is 0 Å². The number of nitrogens with zero attached hydrogens (tertiary/aromatic N) is 1. The zero-order valence-corrected chi connectivity index (χ0v) is 15.0. The van der Waals surface area contributed by atoms with Gasteiger partial charge in [0.05, 0.1) is 6.26 Å². The topological polar surface area (TPSA) is 16.4 Å². The van der Waals surface area contributed by atoms with Crippen LogP contribution in [0.1, 0.15) is 11.1 Å². The van der Waals surface area contributed by atoms with Gasteiger partial charge >= 0.3 is 0 Å². The van der Waals surface area contributed by atoms with Crippen molar-refractivity contribution in [3.63, 3.8) is 0 Å². The van der Waals surface area contributed by atoms with Crippen molar-refractivity contribution in [2.75, 3.05) is 4.90 Å². The van der Waals surface area contributed by atoms with Crippen LogP contribution in [-0.4, -0.2) is 0 Å². The minimum Gasteiger partial charge on any atom is -0.464 e. The first-order chi connectivity index (χ1) is 12.7. The number of rotatable bonds is 4. The molecule has 0 spiro atoms. The highest BCUT2D eigenvalue weighted by Gasteiger charge is 2.12. The molecule has 0 aliphatic rings. The summed E-state index contributed by atoms with van der Waals surface area (Å²) in [6.07, 6.45) is 1.70. The van der Waals surface area contributed by atoms with Crippen LogP contribution >= 0.6 is 0 Å². The van der Waals surface area contributed by atoms with Gasteiger partial charge in [0.25, 0.3) is 0 Å². The molecule has 128 valence electrons. The molecule has 0 radical (unpaired) electrons. The lowest BCUT2D eigenvalue weighted by Crippen LogP contribution is -2.09. The average molecular weight is 339 g/mol. The minimum absolute atomic E-state index is 0.883. The Morgan fingerprint density at radius 1 is 0.577 bits per heavy atom. The van der Waals surface area contributed by atoms with Crippen LogP contribution in [0.3, 0.4) is 0 Å². The third-order valence-corrected chi connectivity index (χ3v) is 4.52. The van der Waals surface area contributed by atoms with Crippen LogP contribution in [0, 0.1) is 13.8 Å². The van der Waals surface area contributed by atoms with E-state index < -0.39 is 0 Å². The fourth-order valence-corrected chi connectivity index (χ4v) is 3.05. The van der Waals surface area contributed by atoms with Gasteiger partial charge in [-0.15, -0.1) is 0 Å². The minimum atomic E-state index is 0.883. The van der Waals surface area contributed by atoms with Gasteiger partial charge < -0.3 is 9.32 Å². The van der Waals surface area contributed by atoms with Crippen LogP contribution in [0.4, 0.5) is 17.1 Å². The Kier molecular flexibility index (Phi) is 4.32. The number of hydrogen-bond donors (Lipinski definition) is 0. The summed E-state index contributed by atoms with van der Waals surface area (Å²) >= 11 is 0. The van der Waals surface area contributed by atoms with Crippen LogP contribution < -0.4 is 4.90 Å². The highest BCUT2D eigenvalue weighted by molar-refractivity contribution is 5.77. The van der Waals surface area contributed by atoms with E-state index in [1.165, 1.54) is 11.1 Å². The maximum atomic E-state index is 5.50. The molecule has 3 aromatic carbocycles. The van der Waals surface area contributed by atoms with Crippen LogP contribution in [0.25, 0.3) is 11.3 Å². The maximum absolute atomic E-state index is 5.50. The van der Waals surface area contributed by atoms with E-state index >= 15 is 0 Å². The molecule has 26 heavy (non-hydrogen) atoms. The second kappa shape index (κ2) is 6.93. The Hall–Kier alpha value is -3.26. The summed E-state index contributed by atoms with van der Waals surface area (Å²) in [5.74, 6) is 0.883. The van der Waals surface area contributed by atoms with Gasteiger partial charge in [0.1, 0.15) is 5.76 Å². The summed E-state index contributed by atoms with van der Waals surface area (Å²) in [6, 6.07) is 29.6. The summed E-state index contributed by atoms with van der Waals surface area (Å²) in [5.41, 5.74) is 6.99. The predicted octanol–water partition coefficient (Wildman–Crippen LogP) is 7.03. The number of benzene rings is 3. The SMILES string of the molecule is Cc1ccc(N(c2ccc(C)cc2)c2ccc(-c3ccco3)cc2)cc1. The van der Waals surface area contributed by atoms with Gasteiger partial charge in [-0.2, -0.15) is 0 Å².